The highest BCUT2D eigenvalue weighted by Gasteiger charge is 2.19. The van der Waals surface area contributed by atoms with Crippen LogP contribution in [0.4, 0.5) is 0 Å². The van der Waals surface area contributed by atoms with E-state index >= 15 is 0 Å². The molecular weight excluding hydrogens is 260 g/mol. The Labute approximate surface area is 129 Å². The van der Waals surface area contributed by atoms with E-state index in [4.69, 9.17) is 4.74 Å². The van der Waals surface area contributed by atoms with Crippen LogP contribution >= 0.6 is 0 Å². The van der Waals surface area contributed by atoms with Gasteiger partial charge in [0, 0.05) is 30.7 Å². The van der Waals surface area contributed by atoms with Crippen molar-refractivity contribution in [2.45, 2.75) is 58.2 Å². The fraction of sp³-hybridized carbons (Fsp3) is 0.667. The Morgan fingerprint density at radius 3 is 2.67 bits per heavy atom. The number of benzene rings is 1. The highest BCUT2D eigenvalue weighted by molar-refractivity contribution is 5.33. The maximum atomic E-state index is 6.02. The molecule has 1 aliphatic carbocycles. The molecule has 3 nitrogen and oxygen atoms in total. The van der Waals surface area contributed by atoms with Crippen LogP contribution in [-0.4, -0.2) is 37.2 Å². The molecule has 0 amide bonds. The summed E-state index contributed by atoms with van der Waals surface area (Å²) in [5.41, 5.74) is 1.25. The summed E-state index contributed by atoms with van der Waals surface area (Å²) in [4.78, 5) is 2.46. The van der Waals surface area contributed by atoms with Crippen LogP contribution < -0.4 is 10.1 Å². The van der Waals surface area contributed by atoms with Crippen molar-refractivity contribution in [3.8, 4) is 5.75 Å². The number of likely N-dealkylation sites (N-methyl/N-ethyl adjacent to an activating group) is 1. The van der Waals surface area contributed by atoms with Crippen molar-refractivity contribution in [2.75, 3.05) is 20.2 Å². The number of nitrogens with zero attached hydrogens (tertiary/aromatic N) is 1. The predicted octanol–water partition coefficient (Wildman–Crippen LogP) is 3.44. The summed E-state index contributed by atoms with van der Waals surface area (Å²) >= 11 is 0. The van der Waals surface area contributed by atoms with Gasteiger partial charge in [0.1, 0.15) is 12.4 Å². The lowest BCUT2D eigenvalue weighted by molar-refractivity contribution is 0.192. The summed E-state index contributed by atoms with van der Waals surface area (Å²) in [5.74, 6) is 1.02. The first kappa shape index (κ1) is 16.3. The maximum Gasteiger partial charge on any atom is 0.123 e. The van der Waals surface area contributed by atoms with E-state index in [0.29, 0.717) is 6.04 Å². The molecule has 0 spiro atoms. The van der Waals surface area contributed by atoms with Crippen molar-refractivity contribution >= 4 is 0 Å². The third-order valence-electron chi connectivity index (χ3n) is 4.32. The van der Waals surface area contributed by atoms with E-state index in [1.165, 1.54) is 31.2 Å². The highest BCUT2D eigenvalue weighted by Crippen LogP contribution is 2.22. The average molecular weight is 290 g/mol. The first-order valence-corrected chi connectivity index (χ1v) is 8.31. The number of hydrogen-bond acceptors (Lipinski definition) is 3. The average Bonchev–Trinajstić information content (AvgIpc) is 3.00. The maximum absolute atomic E-state index is 6.02. The Kier molecular flexibility index (Phi) is 6.52. The van der Waals surface area contributed by atoms with E-state index in [2.05, 4.69) is 55.4 Å². The standard InChI is InChI=1S/C18H30N2O/c1-15(2)19-14-16-8-4-7-11-18(16)21-13-12-20(3)17-9-5-6-10-17/h4,7-8,11,15,17,19H,5-6,9-10,12-14H2,1-3H3. The minimum absolute atomic E-state index is 0.492. The first-order valence-electron chi connectivity index (χ1n) is 8.31. The molecule has 1 saturated carbocycles. The zero-order valence-electron chi connectivity index (χ0n) is 13.8. The predicted molar refractivity (Wildman–Crippen MR) is 88.8 cm³/mol. The molecule has 1 aromatic rings. The van der Waals surface area contributed by atoms with Gasteiger partial charge in [0.05, 0.1) is 0 Å². The summed E-state index contributed by atoms with van der Waals surface area (Å²) in [6, 6.07) is 9.61. The van der Waals surface area contributed by atoms with Crippen molar-refractivity contribution in [1.29, 1.82) is 0 Å². The molecule has 0 bridgehead atoms. The normalized spacial score (nSPS) is 16.0. The second-order valence-corrected chi connectivity index (χ2v) is 6.41. The van der Waals surface area contributed by atoms with E-state index in [1.54, 1.807) is 0 Å². The molecule has 0 saturated heterocycles. The Hall–Kier alpha value is -1.06. The van der Waals surface area contributed by atoms with Gasteiger partial charge in [0.15, 0.2) is 0 Å². The molecule has 0 aromatic heterocycles. The molecule has 1 fully saturated rings. The molecule has 118 valence electrons. The van der Waals surface area contributed by atoms with E-state index in [1.807, 2.05) is 0 Å². The smallest absolute Gasteiger partial charge is 0.123 e. The third kappa shape index (κ3) is 5.33. The molecule has 2 rings (SSSR count). The Balaban J connectivity index is 1.79. The van der Waals surface area contributed by atoms with Gasteiger partial charge in [-0.15, -0.1) is 0 Å². The van der Waals surface area contributed by atoms with Gasteiger partial charge in [-0.05, 0) is 26.0 Å². The Morgan fingerprint density at radius 1 is 1.24 bits per heavy atom. The second kappa shape index (κ2) is 8.40. The number of hydrogen-bond donors (Lipinski definition) is 1. The van der Waals surface area contributed by atoms with Crippen molar-refractivity contribution in [1.82, 2.24) is 10.2 Å². The Morgan fingerprint density at radius 2 is 1.95 bits per heavy atom. The minimum atomic E-state index is 0.492. The molecule has 0 atom stereocenters. The lowest BCUT2D eigenvalue weighted by Gasteiger charge is -2.24. The molecule has 21 heavy (non-hydrogen) atoms. The van der Waals surface area contributed by atoms with Crippen molar-refractivity contribution in [3.63, 3.8) is 0 Å². The van der Waals surface area contributed by atoms with Gasteiger partial charge >= 0.3 is 0 Å². The SMILES string of the molecule is CC(C)NCc1ccccc1OCCN(C)C1CCCC1. The summed E-state index contributed by atoms with van der Waals surface area (Å²) in [5, 5.41) is 3.46. The van der Waals surface area contributed by atoms with Crippen LogP contribution in [0, 0.1) is 0 Å². The molecule has 0 unspecified atom stereocenters. The first-order chi connectivity index (χ1) is 10.2. The van der Waals surface area contributed by atoms with Gasteiger partial charge in [0.2, 0.25) is 0 Å². The van der Waals surface area contributed by atoms with Crippen LogP contribution in [0.1, 0.15) is 45.1 Å². The van der Waals surface area contributed by atoms with Crippen LogP contribution in [0.15, 0.2) is 24.3 Å². The van der Waals surface area contributed by atoms with E-state index in [0.717, 1.165) is 31.5 Å². The number of nitrogens with one attached hydrogen (secondary N) is 1. The van der Waals surface area contributed by atoms with Crippen LogP contribution in [-0.2, 0) is 6.54 Å². The quantitative estimate of drug-likeness (QED) is 0.794. The topological polar surface area (TPSA) is 24.5 Å². The monoisotopic (exact) mass is 290 g/mol. The molecular formula is C18H30N2O. The van der Waals surface area contributed by atoms with Gasteiger partial charge in [-0.2, -0.15) is 0 Å². The van der Waals surface area contributed by atoms with Gasteiger partial charge < -0.3 is 15.0 Å². The lowest BCUT2D eigenvalue weighted by atomic mass is 10.2. The molecule has 0 heterocycles. The van der Waals surface area contributed by atoms with Crippen LogP contribution in [0.5, 0.6) is 5.75 Å². The largest absolute Gasteiger partial charge is 0.492 e. The molecule has 1 aromatic carbocycles. The summed E-state index contributed by atoms with van der Waals surface area (Å²) in [6.07, 6.45) is 5.48. The van der Waals surface area contributed by atoms with Crippen LogP contribution in [0.2, 0.25) is 0 Å². The zero-order chi connectivity index (χ0) is 15.1. The number of para-hydroxylation sites is 1. The highest BCUT2D eigenvalue weighted by atomic mass is 16.5. The molecule has 3 heteroatoms. The van der Waals surface area contributed by atoms with E-state index in [9.17, 15) is 0 Å². The number of ether oxygens (including phenoxy) is 1. The van der Waals surface area contributed by atoms with Gasteiger partial charge in [-0.1, -0.05) is 44.9 Å². The lowest BCUT2D eigenvalue weighted by Crippen LogP contribution is -2.33. The van der Waals surface area contributed by atoms with Crippen LogP contribution in [0.3, 0.4) is 0 Å². The second-order valence-electron chi connectivity index (χ2n) is 6.41. The third-order valence-corrected chi connectivity index (χ3v) is 4.32. The van der Waals surface area contributed by atoms with Crippen LogP contribution in [0.25, 0.3) is 0 Å². The van der Waals surface area contributed by atoms with Gasteiger partial charge in [0.25, 0.3) is 0 Å². The van der Waals surface area contributed by atoms with Crippen molar-refractivity contribution < 1.29 is 4.74 Å². The van der Waals surface area contributed by atoms with E-state index in [-0.39, 0.29) is 0 Å². The minimum Gasteiger partial charge on any atom is -0.492 e. The fourth-order valence-electron chi connectivity index (χ4n) is 2.93. The van der Waals surface area contributed by atoms with Gasteiger partial charge in [-0.3, -0.25) is 0 Å². The molecule has 0 aliphatic heterocycles. The summed E-state index contributed by atoms with van der Waals surface area (Å²) in [7, 11) is 2.23. The van der Waals surface area contributed by atoms with Crippen molar-refractivity contribution in [2.24, 2.45) is 0 Å². The Bertz CT molecular complexity index is 413. The summed E-state index contributed by atoms with van der Waals surface area (Å²) in [6.45, 7) is 6.98. The molecule has 1 N–H and O–H groups in total. The molecule has 1 aliphatic rings. The summed E-state index contributed by atoms with van der Waals surface area (Å²) < 4.78 is 6.02. The molecule has 0 radical (unpaired) electrons. The fourth-order valence-corrected chi connectivity index (χ4v) is 2.93. The van der Waals surface area contributed by atoms with E-state index < -0.39 is 0 Å². The zero-order valence-corrected chi connectivity index (χ0v) is 13.8. The number of rotatable bonds is 8. The van der Waals surface area contributed by atoms with Gasteiger partial charge in [-0.25, -0.2) is 0 Å². The van der Waals surface area contributed by atoms with Crippen molar-refractivity contribution in [3.05, 3.63) is 29.8 Å².